The van der Waals surface area contributed by atoms with Gasteiger partial charge in [-0.15, -0.1) is 0 Å². The monoisotopic (exact) mass is 466 g/mol. The van der Waals surface area contributed by atoms with Gasteiger partial charge in [0.15, 0.2) is 5.65 Å². The number of hydrogen-bond acceptors (Lipinski definition) is 5. The molecule has 170 valence electrons. The molecular weight excluding hydrogens is 443 g/mol. The van der Waals surface area contributed by atoms with Gasteiger partial charge in [-0.05, 0) is 49.2 Å². The van der Waals surface area contributed by atoms with E-state index in [0.717, 1.165) is 11.1 Å². The zero-order valence-corrected chi connectivity index (χ0v) is 19.0. The number of carbonyl (C=O) groups excluding carboxylic acids is 1. The molecule has 2 aromatic carbocycles. The van der Waals surface area contributed by atoms with Crippen LogP contribution in [0.2, 0.25) is 0 Å². The van der Waals surface area contributed by atoms with E-state index in [1.165, 1.54) is 16.7 Å². The number of pyridine rings is 1. The Balaban J connectivity index is 1.60. The first-order valence-corrected chi connectivity index (χ1v) is 12.0. The van der Waals surface area contributed by atoms with Crippen molar-refractivity contribution in [3.8, 4) is 0 Å². The molecule has 0 saturated carbocycles. The van der Waals surface area contributed by atoms with Gasteiger partial charge >= 0.3 is 0 Å². The molecule has 1 amide bonds. The quantitative estimate of drug-likeness (QED) is 0.449. The molecule has 9 heteroatoms. The number of amides is 1. The van der Waals surface area contributed by atoms with Crippen LogP contribution in [-0.2, 0) is 21.2 Å². The zero-order chi connectivity index (χ0) is 23.6. The van der Waals surface area contributed by atoms with E-state index in [9.17, 15) is 17.6 Å². The lowest BCUT2D eigenvalue weighted by Crippen LogP contribution is -2.33. The first-order chi connectivity index (χ1) is 15.7. The first-order valence-electron chi connectivity index (χ1n) is 10.4. The van der Waals surface area contributed by atoms with Gasteiger partial charge in [0.1, 0.15) is 17.1 Å². The second kappa shape index (κ2) is 9.11. The molecule has 33 heavy (non-hydrogen) atoms. The van der Waals surface area contributed by atoms with Gasteiger partial charge in [0.25, 0.3) is 0 Å². The summed E-state index contributed by atoms with van der Waals surface area (Å²) in [5, 5.41) is 2.45. The number of benzene rings is 2. The van der Waals surface area contributed by atoms with E-state index in [1.807, 2.05) is 31.2 Å². The Kier molecular flexibility index (Phi) is 6.24. The number of sulfone groups is 1. The summed E-state index contributed by atoms with van der Waals surface area (Å²) in [4.78, 5) is 21.2. The summed E-state index contributed by atoms with van der Waals surface area (Å²) in [6, 6.07) is 16.3. The van der Waals surface area contributed by atoms with Crippen molar-refractivity contribution >= 4 is 26.9 Å². The minimum atomic E-state index is -4.07. The molecule has 4 aromatic rings. The Morgan fingerprint density at radius 2 is 1.79 bits per heavy atom. The molecule has 2 heterocycles. The SMILES string of the molecule is Cc1ccc(Cn2c(S(=O)(=O)CC(=O)N[C@@H](C)c3ccc(F)cc3)nc3cccnc32)cc1. The van der Waals surface area contributed by atoms with Crippen LogP contribution in [0.25, 0.3) is 11.2 Å². The van der Waals surface area contributed by atoms with Crippen LogP contribution in [0.3, 0.4) is 0 Å². The van der Waals surface area contributed by atoms with E-state index in [2.05, 4.69) is 15.3 Å². The fourth-order valence-electron chi connectivity index (χ4n) is 3.55. The second-order valence-electron chi connectivity index (χ2n) is 7.91. The standard InChI is InChI=1S/C24H23FN4O3S/c1-16-5-7-18(8-6-16)14-29-23-21(4-3-13-26-23)28-24(29)33(31,32)15-22(30)27-17(2)19-9-11-20(25)12-10-19/h3-13,17H,14-15H2,1-2H3,(H,27,30)/t17-/m0/s1. The van der Waals surface area contributed by atoms with Crippen LogP contribution in [0.5, 0.6) is 0 Å². The summed E-state index contributed by atoms with van der Waals surface area (Å²) >= 11 is 0. The van der Waals surface area contributed by atoms with Crippen molar-refractivity contribution in [3.05, 3.63) is 89.4 Å². The highest BCUT2D eigenvalue weighted by molar-refractivity contribution is 7.92. The van der Waals surface area contributed by atoms with E-state index in [-0.39, 0.29) is 17.5 Å². The van der Waals surface area contributed by atoms with E-state index < -0.39 is 27.5 Å². The van der Waals surface area contributed by atoms with Crippen LogP contribution < -0.4 is 5.32 Å². The number of carbonyl (C=O) groups is 1. The molecule has 0 saturated heterocycles. The molecule has 2 aromatic heterocycles. The van der Waals surface area contributed by atoms with Gasteiger partial charge in [-0.2, -0.15) is 0 Å². The van der Waals surface area contributed by atoms with Crippen LogP contribution >= 0.6 is 0 Å². The molecule has 0 spiro atoms. The number of aryl methyl sites for hydroxylation is 1. The van der Waals surface area contributed by atoms with Crippen LogP contribution in [0.1, 0.15) is 29.7 Å². The molecule has 0 aliphatic carbocycles. The highest BCUT2D eigenvalue weighted by Crippen LogP contribution is 2.21. The second-order valence-corrected chi connectivity index (χ2v) is 9.80. The number of nitrogens with one attached hydrogen (secondary N) is 1. The van der Waals surface area contributed by atoms with Gasteiger partial charge in [-0.3, -0.25) is 9.36 Å². The Morgan fingerprint density at radius 1 is 1.09 bits per heavy atom. The predicted octanol–water partition coefficient (Wildman–Crippen LogP) is 3.58. The minimum absolute atomic E-state index is 0.207. The van der Waals surface area contributed by atoms with Crippen LogP contribution in [0.15, 0.2) is 72.0 Å². The van der Waals surface area contributed by atoms with Crippen molar-refractivity contribution in [1.82, 2.24) is 19.9 Å². The van der Waals surface area contributed by atoms with Crippen molar-refractivity contribution in [1.29, 1.82) is 0 Å². The molecule has 0 radical (unpaired) electrons. The predicted molar refractivity (Wildman–Crippen MR) is 123 cm³/mol. The average molecular weight is 467 g/mol. The summed E-state index contributed by atoms with van der Waals surface area (Å²) in [6.07, 6.45) is 1.57. The summed E-state index contributed by atoms with van der Waals surface area (Å²) in [6.45, 7) is 3.92. The van der Waals surface area contributed by atoms with E-state index >= 15 is 0 Å². The molecule has 0 aliphatic heterocycles. The highest BCUT2D eigenvalue weighted by atomic mass is 32.2. The summed E-state index contributed by atoms with van der Waals surface area (Å²) in [7, 11) is -4.07. The third kappa shape index (κ3) is 5.09. The normalized spacial score (nSPS) is 12.6. The molecular formula is C24H23FN4O3S. The van der Waals surface area contributed by atoms with Crippen molar-refractivity contribution in [2.75, 3.05) is 5.75 Å². The van der Waals surface area contributed by atoms with Crippen LogP contribution in [0.4, 0.5) is 4.39 Å². The fraction of sp³-hybridized carbons (Fsp3) is 0.208. The number of halogens is 1. The lowest BCUT2D eigenvalue weighted by atomic mass is 10.1. The number of fused-ring (bicyclic) bond motifs is 1. The topological polar surface area (TPSA) is 94.0 Å². The maximum Gasteiger partial charge on any atom is 0.236 e. The first kappa shape index (κ1) is 22.6. The zero-order valence-electron chi connectivity index (χ0n) is 18.2. The summed E-state index contributed by atoms with van der Waals surface area (Å²) in [5.74, 6) is -1.83. The molecule has 0 bridgehead atoms. The Hall–Kier alpha value is -3.59. The fourth-order valence-corrected chi connectivity index (χ4v) is 4.83. The number of rotatable bonds is 7. The lowest BCUT2D eigenvalue weighted by Gasteiger charge is -2.15. The molecule has 0 fully saturated rings. The molecule has 7 nitrogen and oxygen atoms in total. The van der Waals surface area contributed by atoms with Gasteiger partial charge in [-0.1, -0.05) is 42.0 Å². The Morgan fingerprint density at radius 3 is 2.48 bits per heavy atom. The molecule has 4 rings (SSSR count). The van der Waals surface area contributed by atoms with Gasteiger partial charge in [0.2, 0.25) is 20.9 Å². The molecule has 1 atom stereocenters. The van der Waals surface area contributed by atoms with Crippen molar-refractivity contribution in [2.45, 2.75) is 31.6 Å². The van der Waals surface area contributed by atoms with Gasteiger partial charge in [0.05, 0.1) is 12.6 Å². The molecule has 0 aliphatic rings. The van der Waals surface area contributed by atoms with Crippen molar-refractivity contribution in [3.63, 3.8) is 0 Å². The van der Waals surface area contributed by atoms with Crippen molar-refractivity contribution < 1.29 is 17.6 Å². The number of aromatic nitrogens is 3. The third-order valence-electron chi connectivity index (χ3n) is 5.28. The Bertz CT molecular complexity index is 1400. The van der Waals surface area contributed by atoms with Gasteiger partial charge in [0, 0.05) is 6.20 Å². The minimum Gasteiger partial charge on any atom is -0.349 e. The highest BCUT2D eigenvalue weighted by Gasteiger charge is 2.28. The number of hydrogen-bond donors (Lipinski definition) is 1. The van der Waals surface area contributed by atoms with Crippen LogP contribution in [0, 0.1) is 12.7 Å². The molecule has 1 N–H and O–H groups in total. The molecule has 0 unspecified atom stereocenters. The van der Waals surface area contributed by atoms with Crippen molar-refractivity contribution in [2.24, 2.45) is 0 Å². The third-order valence-corrected chi connectivity index (χ3v) is 6.79. The lowest BCUT2D eigenvalue weighted by molar-refractivity contribution is -0.119. The van der Waals surface area contributed by atoms with E-state index in [0.29, 0.717) is 16.7 Å². The summed E-state index contributed by atoms with van der Waals surface area (Å²) in [5.41, 5.74) is 3.50. The smallest absolute Gasteiger partial charge is 0.236 e. The van der Waals surface area contributed by atoms with Gasteiger partial charge < -0.3 is 5.32 Å². The van der Waals surface area contributed by atoms with Gasteiger partial charge in [-0.25, -0.2) is 22.8 Å². The number of imidazole rings is 1. The van der Waals surface area contributed by atoms with E-state index in [4.69, 9.17) is 0 Å². The maximum absolute atomic E-state index is 13.2. The number of nitrogens with zero attached hydrogens (tertiary/aromatic N) is 3. The largest absolute Gasteiger partial charge is 0.349 e. The summed E-state index contributed by atoms with van der Waals surface area (Å²) < 4.78 is 41.1. The average Bonchev–Trinajstić information content (AvgIpc) is 3.15. The Labute approximate surface area is 191 Å². The van der Waals surface area contributed by atoms with E-state index in [1.54, 1.807) is 37.4 Å². The van der Waals surface area contributed by atoms with Crippen LogP contribution in [-0.4, -0.2) is 34.6 Å². The maximum atomic E-state index is 13.2.